The lowest BCUT2D eigenvalue weighted by Gasteiger charge is -2.30. The van der Waals surface area contributed by atoms with E-state index in [1.807, 2.05) is 43.3 Å². The van der Waals surface area contributed by atoms with E-state index in [0.29, 0.717) is 35.1 Å². The highest BCUT2D eigenvalue weighted by atomic mass is 35.5. The van der Waals surface area contributed by atoms with Crippen molar-refractivity contribution in [2.45, 2.75) is 19.4 Å². The van der Waals surface area contributed by atoms with E-state index in [-0.39, 0.29) is 0 Å². The second-order valence-corrected chi connectivity index (χ2v) is 7.32. The molecule has 1 heterocycles. The number of esters is 2. The van der Waals surface area contributed by atoms with Crippen LogP contribution in [0.25, 0.3) is 0 Å². The van der Waals surface area contributed by atoms with Crippen LogP contribution >= 0.6 is 11.6 Å². The smallest absolute Gasteiger partial charge is 0.336 e. The molecule has 0 N–H and O–H groups in total. The first-order valence-corrected chi connectivity index (χ1v) is 10.2. The van der Waals surface area contributed by atoms with Crippen LogP contribution in [0.3, 0.4) is 0 Å². The van der Waals surface area contributed by atoms with Crippen molar-refractivity contribution in [2.75, 3.05) is 20.8 Å². The van der Waals surface area contributed by atoms with Crippen molar-refractivity contribution >= 4 is 23.5 Å². The zero-order chi connectivity index (χ0) is 22.4. The van der Waals surface area contributed by atoms with Gasteiger partial charge in [0, 0.05) is 24.0 Å². The summed E-state index contributed by atoms with van der Waals surface area (Å²) in [6, 6.07) is 14.6. The molecule has 0 unspecified atom stereocenters. The molecule has 0 fully saturated rings. The molecule has 0 aromatic heterocycles. The Labute approximate surface area is 186 Å². The third kappa shape index (κ3) is 5.27. The minimum absolute atomic E-state index is 0.337. The van der Waals surface area contributed by atoms with Crippen LogP contribution in [0.1, 0.15) is 24.0 Å². The first-order valence-electron chi connectivity index (χ1n) is 9.79. The highest BCUT2D eigenvalue weighted by molar-refractivity contribution is 6.30. The van der Waals surface area contributed by atoms with Crippen LogP contribution in [0.2, 0.25) is 5.02 Å². The van der Waals surface area contributed by atoms with E-state index >= 15 is 0 Å². The van der Waals surface area contributed by atoms with Crippen LogP contribution in [0.4, 0.5) is 0 Å². The van der Waals surface area contributed by atoms with Gasteiger partial charge in [-0.1, -0.05) is 35.9 Å². The summed E-state index contributed by atoms with van der Waals surface area (Å²) < 4.78 is 15.5. The number of benzene rings is 2. The molecule has 0 atom stereocenters. The van der Waals surface area contributed by atoms with Crippen molar-refractivity contribution in [2.24, 2.45) is 0 Å². The predicted octanol–water partition coefficient (Wildman–Crippen LogP) is 4.45. The van der Waals surface area contributed by atoms with Gasteiger partial charge in [-0.3, -0.25) is 0 Å². The molecule has 6 nitrogen and oxygen atoms in total. The maximum absolute atomic E-state index is 12.7. The molecule has 0 radical (unpaired) electrons. The summed E-state index contributed by atoms with van der Waals surface area (Å²) in [5.74, 6) is -0.959. The fourth-order valence-corrected chi connectivity index (χ4v) is 3.59. The van der Waals surface area contributed by atoms with Crippen LogP contribution in [0.5, 0.6) is 5.75 Å². The lowest BCUT2D eigenvalue weighted by atomic mass is 9.83. The number of rotatable bonds is 7. The predicted molar refractivity (Wildman–Crippen MR) is 118 cm³/mol. The molecule has 2 aromatic carbocycles. The third-order valence-electron chi connectivity index (χ3n) is 4.88. The summed E-state index contributed by atoms with van der Waals surface area (Å²) in [5.41, 5.74) is 2.39. The maximum Gasteiger partial charge on any atom is 0.336 e. The van der Waals surface area contributed by atoms with Crippen LogP contribution in [-0.2, 0) is 25.6 Å². The first-order chi connectivity index (χ1) is 15.0. The van der Waals surface area contributed by atoms with Crippen LogP contribution < -0.4 is 4.74 Å². The second-order valence-electron chi connectivity index (χ2n) is 6.89. The SMILES string of the molecule is CCOc1ccc(C2C(C(=O)OC)=CN(Cc3ccc(Cl)cc3)C=C2C(=O)OC)cc1. The molecule has 0 spiro atoms. The van der Waals surface area contributed by atoms with Crippen molar-refractivity contribution in [3.05, 3.63) is 88.2 Å². The molecular weight excluding hydrogens is 418 g/mol. The summed E-state index contributed by atoms with van der Waals surface area (Å²) in [6.45, 7) is 2.89. The van der Waals surface area contributed by atoms with E-state index in [1.165, 1.54) is 14.2 Å². The van der Waals surface area contributed by atoms with Crippen molar-refractivity contribution in [3.63, 3.8) is 0 Å². The van der Waals surface area contributed by atoms with E-state index in [0.717, 1.165) is 11.1 Å². The standard InChI is InChI=1S/C24H24ClNO5/c1-4-31-19-11-7-17(8-12-19)22-20(23(27)29-2)14-26(15-21(22)24(28)30-3)13-16-5-9-18(25)10-6-16/h5-12,14-15,22H,4,13H2,1-3H3. The first kappa shape index (κ1) is 22.4. The number of hydrogen-bond donors (Lipinski definition) is 0. The van der Waals surface area contributed by atoms with E-state index in [9.17, 15) is 9.59 Å². The van der Waals surface area contributed by atoms with E-state index < -0.39 is 17.9 Å². The van der Waals surface area contributed by atoms with Gasteiger partial charge in [-0.2, -0.15) is 0 Å². The number of methoxy groups -OCH3 is 2. The van der Waals surface area contributed by atoms with Crippen molar-refractivity contribution in [3.8, 4) is 5.75 Å². The Bertz CT molecular complexity index is 962. The molecule has 1 aliphatic heterocycles. The normalized spacial score (nSPS) is 13.9. The molecule has 0 saturated carbocycles. The Morgan fingerprint density at radius 2 is 1.45 bits per heavy atom. The van der Waals surface area contributed by atoms with Gasteiger partial charge in [0.05, 0.1) is 37.9 Å². The zero-order valence-electron chi connectivity index (χ0n) is 17.6. The molecule has 0 bridgehead atoms. The van der Waals surface area contributed by atoms with E-state index in [1.54, 1.807) is 29.4 Å². The van der Waals surface area contributed by atoms with Gasteiger partial charge < -0.3 is 19.1 Å². The van der Waals surface area contributed by atoms with Gasteiger partial charge in [-0.05, 0) is 42.3 Å². The van der Waals surface area contributed by atoms with Gasteiger partial charge in [-0.15, -0.1) is 0 Å². The largest absolute Gasteiger partial charge is 0.494 e. The van der Waals surface area contributed by atoms with E-state index in [2.05, 4.69) is 0 Å². The summed E-state index contributed by atoms with van der Waals surface area (Å²) in [7, 11) is 2.64. The molecule has 1 aliphatic rings. The quantitative estimate of drug-likeness (QED) is 0.591. The lowest BCUT2D eigenvalue weighted by Crippen LogP contribution is -2.28. The summed E-state index contributed by atoms with van der Waals surface area (Å²) in [4.78, 5) is 27.1. The fraction of sp³-hybridized carbons (Fsp3) is 0.250. The molecule has 0 saturated heterocycles. The second kappa shape index (κ2) is 10.2. The Kier molecular flexibility index (Phi) is 7.36. The number of halogens is 1. The highest BCUT2D eigenvalue weighted by Gasteiger charge is 2.35. The highest BCUT2D eigenvalue weighted by Crippen LogP contribution is 2.38. The Hall–Kier alpha value is -3.25. The molecule has 3 rings (SSSR count). The van der Waals surface area contributed by atoms with Crippen LogP contribution in [0.15, 0.2) is 72.1 Å². The molecule has 7 heteroatoms. The number of hydrogen-bond acceptors (Lipinski definition) is 6. The summed E-state index contributed by atoms with van der Waals surface area (Å²) in [6.07, 6.45) is 3.40. The zero-order valence-corrected chi connectivity index (χ0v) is 18.4. The van der Waals surface area contributed by atoms with E-state index in [4.69, 9.17) is 25.8 Å². The summed E-state index contributed by atoms with van der Waals surface area (Å²) in [5, 5.41) is 0.634. The van der Waals surface area contributed by atoms with Gasteiger partial charge in [0.2, 0.25) is 0 Å². The average molecular weight is 442 g/mol. The van der Waals surface area contributed by atoms with Gasteiger partial charge in [-0.25, -0.2) is 9.59 Å². The number of nitrogens with zero attached hydrogens (tertiary/aromatic N) is 1. The van der Waals surface area contributed by atoms with Crippen LogP contribution in [0, 0.1) is 0 Å². The lowest BCUT2D eigenvalue weighted by molar-refractivity contribution is -0.137. The molecule has 31 heavy (non-hydrogen) atoms. The minimum atomic E-state index is -0.628. The Balaban J connectivity index is 2.02. The topological polar surface area (TPSA) is 65.1 Å². The third-order valence-corrected chi connectivity index (χ3v) is 5.13. The Morgan fingerprint density at radius 3 is 1.94 bits per heavy atom. The number of ether oxygens (including phenoxy) is 3. The van der Waals surface area contributed by atoms with Gasteiger partial charge in [0.1, 0.15) is 5.75 Å². The van der Waals surface area contributed by atoms with Crippen LogP contribution in [-0.4, -0.2) is 37.7 Å². The van der Waals surface area contributed by atoms with Crippen molar-refractivity contribution in [1.82, 2.24) is 4.90 Å². The molecule has 0 amide bonds. The minimum Gasteiger partial charge on any atom is -0.494 e. The van der Waals surface area contributed by atoms with Gasteiger partial charge in [0.15, 0.2) is 0 Å². The molecule has 162 valence electrons. The maximum atomic E-state index is 12.7. The molecule has 0 aliphatic carbocycles. The van der Waals surface area contributed by atoms with Crippen molar-refractivity contribution in [1.29, 1.82) is 0 Å². The Morgan fingerprint density at radius 1 is 0.903 bits per heavy atom. The summed E-state index contributed by atoms with van der Waals surface area (Å²) >= 11 is 5.97. The molecule has 2 aromatic rings. The fourth-order valence-electron chi connectivity index (χ4n) is 3.46. The van der Waals surface area contributed by atoms with Gasteiger partial charge in [0.25, 0.3) is 0 Å². The number of carbonyl (C=O) groups excluding carboxylic acids is 2. The van der Waals surface area contributed by atoms with Crippen molar-refractivity contribution < 1.29 is 23.8 Å². The average Bonchev–Trinajstić information content (AvgIpc) is 2.79. The number of carbonyl (C=O) groups is 2. The van der Waals surface area contributed by atoms with Gasteiger partial charge >= 0.3 is 11.9 Å². The molecular formula is C24H24ClNO5. The monoisotopic (exact) mass is 441 g/mol.